The summed E-state index contributed by atoms with van der Waals surface area (Å²) in [5.74, 6) is -1.01. The van der Waals surface area contributed by atoms with E-state index in [4.69, 9.17) is 23.5 Å². The summed E-state index contributed by atoms with van der Waals surface area (Å²) in [5.41, 5.74) is -1.50. The summed E-state index contributed by atoms with van der Waals surface area (Å²) in [6.45, 7) is 0. The molecule has 0 bridgehead atoms. The SMILES string of the molecule is O=C(OCl)C(O)(c1ccccc1)c1ccccc1Cl. The molecule has 0 fully saturated rings. The zero-order valence-corrected chi connectivity index (χ0v) is 11.2. The molecule has 3 nitrogen and oxygen atoms in total. The van der Waals surface area contributed by atoms with E-state index >= 15 is 0 Å². The average molecular weight is 297 g/mol. The minimum Gasteiger partial charge on any atom is -0.370 e. The number of benzene rings is 2. The molecule has 2 aromatic carbocycles. The van der Waals surface area contributed by atoms with Crippen molar-refractivity contribution < 1.29 is 14.2 Å². The summed E-state index contributed by atoms with van der Waals surface area (Å²) in [6, 6.07) is 14.8. The van der Waals surface area contributed by atoms with Crippen LogP contribution in [0, 0.1) is 0 Å². The van der Waals surface area contributed by atoms with Crippen molar-refractivity contribution >= 4 is 29.4 Å². The predicted molar refractivity (Wildman–Crippen MR) is 72.8 cm³/mol. The number of hydrogen-bond acceptors (Lipinski definition) is 3. The van der Waals surface area contributed by atoms with E-state index in [-0.39, 0.29) is 10.6 Å². The molecule has 1 N–H and O–H groups in total. The molecule has 98 valence electrons. The van der Waals surface area contributed by atoms with Crippen molar-refractivity contribution in [1.29, 1.82) is 0 Å². The molecule has 0 radical (unpaired) electrons. The van der Waals surface area contributed by atoms with Gasteiger partial charge in [-0.25, -0.2) is 4.79 Å². The number of carbonyl (C=O) groups is 1. The van der Waals surface area contributed by atoms with Crippen molar-refractivity contribution in [3.8, 4) is 0 Å². The van der Waals surface area contributed by atoms with E-state index in [0.29, 0.717) is 5.56 Å². The van der Waals surface area contributed by atoms with Gasteiger partial charge in [-0.2, -0.15) is 0 Å². The number of aliphatic hydroxyl groups is 1. The molecule has 2 rings (SSSR count). The number of carbonyl (C=O) groups excluding carboxylic acids is 1. The van der Waals surface area contributed by atoms with Crippen molar-refractivity contribution in [1.82, 2.24) is 0 Å². The van der Waals surface area contributed by atoms with Crippen LogP contribution in [0.4, 0.5) is 0 Å². The van der Waals surface area contributed by atoms with Gasteiger partial charge in [0.1, 0.15) is 11.9 Å². The van der Waals surface area contributed by atoms with Gasteiger partial charge in [0.15, 0.2) is 0 Å². The highest BCUT2D eigenvalue weighted by Gasteiger charge is 2.43. The molecule has 1 unspecified atom stereocenters. The Morgan fingerprint density at radius 3 is 2.21 bits per heavy atom. The first-order chi connectivity index (χ1) is 9.10. The molecule has 0 heterocycles. The van der Waals surface area contributed by atoms with Gasteiger partial charge >= 0.3 is 5.97 Å². The fourth-order valence-electron chi connectivity index (χ4n) is 1.87. The molecule has 0 aliphatic heterocycles. The third-order valence-electron chi connectivity index (χ3n) is 2.82. The molecule has 0 saturated heterocycles. The van der Waals surface area contributed by atoms with E-state index in [1.165, 1.54) is 0 Å². The zero-order chi connectivity index (χ0) is 13.9. The van der Waals surface area contributed by atoms with E-state index in [9.17, 15) is 9.90 Å². The lowest BCUT2D eigenvalue weighted by atomic mass is 9.86. The molecule has 0 aromatic heterocycles. The van der Waals surface area contributed by atoms with Crippen LogP contribution in [-0.2, 0) is 14.7 Å². The molecule has 19 heavy (non-hydrogen) atoms. The van der Waals surface area contributed by atoms with Crippen molar-refractivity contribution in [2.75, 3.05) is 0 Å². The summed E-state index contributed by atoms with van der Waals surface area (Å²) >= 11 is 11.2. The van der Waals surface area contributed by atoms with Gasteiger partial charge in [-0.05, 0) is 11.6 Å². The van der Waals surface area contributed by atoms with Crippen molar-refractivity contribution in [2.24, 2.45) is 0 Å². The van der Waals surface area contributed by atoms with Crippen molar-refractivity contribution in [2.45, 2.75) is 5.60 Å². The van der Waals surface area contributed by atoms with Crippen molar-refractivity contribution in [3.05, 3.63) is 70.7 Å². The maximum Gasteiger partial charge on any atom is 0.365 e. The number of hydrogen-bond donors (Lipinski definition) is 1. The van der Waals surface area contributed by atoms with E-state index in [1.54, 1.807) is 54.6 Å². The van der Waals surface area contributed by atoms with Crippen molar-refractivity contribution in [3.63, 3.8) is 0 Å². The van der Waals surface area contributed by atoms with Gasteiger partial charge in [-0.1, -0.05) is 60.1 Å². The Labute approximate surface area is 120 Å². The van der Waals surface area contributed by atoms with E-state index in [0.717, 1.165) is 0 Å². The Morgan fingerprint density at radius 1 is 1.05 bits per heavy atom. The molecule has 0 aliphatic carbocycles. The van der Waals surface area contributed by atoms with Gasteiger partial charge in [0.25, 0.3) is 0 Å². The number of halogens is 2. The minimum atomic E-state index is -2.04. The minimum absolute atomic E-state index is 0.216. The van der Waals surface area contributed by atoms with E-state index in [1.807, 2.05) is 0 Å². The van der Waals surface area contributed by atoms with Gasteiger partial charge < -0.3 is 9.40 Å². The molecule has 2 aromatic rings. The Bertz CT molecular complexity index is 586. The molecule has 0 amide bonds. The van der Waals surface area contributed by atoms with Crippen LogP contribution in [0.25, 0.3) is 0 Å². The lowest BCUT2D eigenvalue weighted by Gasteiger charge is -2.26. The first-order valence-corrected chi connectivity index (χ1v) is 6.15. The fraction of sp³-hybridized carbons (Fsp3) is 0.0714. The maximum absolute atomic E-state index is 11.9. The van der Waals surface area contributed by atoms with Crippen LogP contribution in [0.1, 0.15) is 11.1 Å². The Hall–Kier alpha value is -1.55. The quantitative estimate of drug-likeness (QED) is 0.945. The summed E-state index contributed by atoms with van der Waals surface area (Å²) < 4.78 is 4.20. The lowest BCUT2D eigenvalue weighted by Crippen LogP contribution is -2.37. The third-order valence-corrected chi connectivity index (χ3v) is 3.29. The first-order valence-electron chi connectivity index (χ1n) is 5.46. The van der Waals surface area contributed by atoms with Crippen LogP contribution in [0.15, 0.2) is 54.6 Å². The van der Waals surface area contributed by atoms with Crippen LogP contribution in [0.2, 0.25) is 5.02 Å². The molecule has 0 saturated carbocycles. The third kappa shape index (κ3) is 2.45. The Morgan fingerprint density at radius 2 is 1.63 bits per heavy atom. The van der Waals surface area contributed by atoms with Crippen LogP contribution >= 0.6 is 23.5 Å². The Balaban J connectivity index is 2.66. The highest BCUT2D eigenvalue weighted by Crippen LogP contribution is 2.35. The highest BCUT2D eigenvalue weighted by atomic mass is 35.5. The fourth-order valence-corrected chi connectivity index (χ4v) is 2.26. The molecular weight excluding hydrogens is 287 g/mol. The van der Waals surface area contributed by atoms with E-state index < -0.39 is 11.6 Å². The standard InChI is InChI=1S/C14H10Cl2O3/c15-12-9-5-4-8-11(12)14(18,13(17)19-16)10-6-2-1-3-7-10/h1-9,18H. The van der Waals surface area contributed by atoms with Gasteiger partial charge in [0, 0.05) is 10.6 Å². The molecule has 5 heteroatoms. The van der Waals surface area contributed by atoms with Crippen LogP contribution < -0.4 is 0 Å². The lowest BCUT2D eigenvalue weighted by molar-refractivity contribution is -0.151. The molecule has 1 atom stereocenters. The second-order valence-electron chi connectivity index (χ2n) is 3.92. The zero-order valence-electron chi connectivity index (χ0n) is 9.72. The van der Waals surface area contributed by atoms with Gasteiger partial charge in [0.05, 0.1) is 0 Å². The largest absolute Gasteiger partial charge is 0.370 e. The normalized spacial score (nSPS) is 13.6. The van der Waals surface area contributed by atoms with Crippen LogP contribution in [-0.4, -0.2) is 11.1 Å². The monoisotopic (exact) mass is 296 g/mol. The second kappa shape index (κ2) is 5.61. The maximum atomic E-state index is 11.9. The Kier molecular flexibility index (Phi) is 4.10. The summed E-state index contributed by atoms with van der Waals surface area (Å²) in [6.07, 6.45) is 0. The second-order valence-corrected chi connectivity index (χ2v) is 4.48. The average Bonchev–Trinajstić information content (AvgIpc) is 2.47. The molecular formula is C14H10Cl2O3. The predicted octanol–water partition coefficient (Wildman–Crippen LogP) is 3.27. The molecule has 0 aliphatic rings. The summed E-state index contributed by atoms with van der Waals surface area (Å²) in [5, 5.41) is 11.0. The van der Waals surface area contributed by atoms with Gasteiger partial charge in [-0.3, -0.25) is 0 Å². The van der Waals surface area contributed by atoms with Crippen LogP contribution in [0.3, 0.4) is 0 Å². The van der Waals surface area contributed by atoms with Crippen LogP contribution in [0.5, 0.6) is 0 Å². The van der Waals surface area contributed by atoms with Gasteiger partial charge in [-0.15, -0.1) is 0 Å². The summed E-state index contributed by atoms with van der Waals surface area (Å²) in [7, 11) is 0. The van der Waals surface area contributed by atoms with Gasteiger partial charge in [0.2, 0.25) is 5.60 Å². The number of rotatable bonds is 3. The van der Waals surface area contributed by atoms with E-state index in [2.05, 4.69) is 4.29 Å². The first kappa shape index (κ1) is 13.9. The summed E-state index contributed by atoms with van der Waals surface area (Å²) in [4.78, 5) is 11.9. The highest BCUT2D eigenvalue weighted by molar-refractivity contribution is 6.31. The molecule has 0 spiro atoms. The smallest absolute Gasteiger partial charge is 0.365 e. The topological polar surface area (TPSA) is 46.5 Å².